The first-order chi connectivity index (χ1) is 41.0. The van der Waals surface area contributed by atoms with Crippen LogP contribution in [0.1, 0.15) is 33.7 Å². The molecule has 0 bridgehead atoms. The number of ether oxygens (including phenoxy) is 3. The fourth-order valence-corrected chi connectivity index (χ4v) is 9.35. The van der Waals surface area contributed by atoms with Crippen molar-refractivity contribution in [3.05, 3.63) is 116 Å². The Morgan fingerprint density at radius 1 is 0.787 bits per heavy atom. The summed E-state index contributed by atoms with van der Waals surface area (Å²) in [4.78, 5) is 87.8. The van der Waals surface area contributed by atoms with Crippen LogP contribution in [-0.4, -0.2) is 140 Å². The zero-order valence-electron chi connectivity index (χ0n) is 43.9. The lowest BCUT2D eigenvalue weighted by atomic mass is 10.1. The van der Waals surface area contributed by atoms with Gasteiger partial charge in [0, 0.05) is 6.42 Å². The molecule has 11 N–H and O–H groups in total. The second kappa shape index (κ2) is 31.7. The highest BCUT2D eigenvalue weighted by atomic mass is 35.5. The molecule has 0 aliphatic carbocycles. The van der Waals surface area contributed by atoms with Crippen molar-refractivity contribution in [1.29, 1.82) is 0 Å². The number of halogens is 12. The molecule has 47 heteroatoms. The zero-order chi connectivity index (χ0) is 67.6. The topological polar surface area (TPSA) is 474 Å². The number of carboxylic acid groups (broad SMARTS) is 2. The summed E-state index contributed by atoms with van der Waals surface area (Å²) in [5.74, 6) is -6.05. The first kappa shape index (κ1) is 74.2. The molecule has 32 nitrogen and oxygen atoms in total. The van der Waals surface area contributed by atoms with Crippen LogP contribution in [0.4, 0.5) is 76.9 Å². The molecule has 0 saturated heterocycles. The van der Waals surface area contributed by atoms with Crippen molar-refractivity contribution >= 4 is 98.2 Å². The number of hydrogen-bond donors (Lipinski definition) is 10. The average Bonchev–Trinajstić information content (AvgIpc) is 1.86. The van der Waals surface area contributed by atoms with Crippen LogP contribution in [0.5, 0.6) is 17.8 Å². The number of nitrogens with two attached hydrogens (primary N) is 1. The van der Waals surface area contributed by atoms with Gasteiger partial charge >= 0.3 is 68.9 Å². The van der Waals surface area contributed by atoms with E-state index in [1.165, 1.54) is 49.1 Å². The number of nitrogens with one attached hydrogen (secondary N) is 5. The third-order valence-electron chi connectivity index (χ3n) is 9.39. The summed E-state index contributed by atoms with van der Waals surface area (Å²) >= 11 is 11.5. The molecule has 0 fully saturated rings. The molecule has 3 heterocycles. The monoisotopic (exact) mass is 1380 g/mol. The molecule has 6 rings (SSSR count). The van der Waals surface area contributed by atoms with Gasteiger partial charge in [0.2, 0.25) is 29.5 Å². The molecule has 0 aliphatic rings. The van der Waals surface area contributed by atoms with Crippen molar-refractivity contribution in [3.8, 4) is 23.5 Å². The van der Waals surface area contributed by atoms with Gasteiger partial charge in [-0.3, -0.25) is 35.4 Å². The maximum atomic E-state index is 12.6. The van der Waals surface area contributed by atoms with Gasteiger partial charge in [0.15, 0.2) is 0 Å². The molecule has 89 heavy (non-hydrogen) atoms. The van der Waals surface area contributed by atoms with E-state index in [9.17, 15) is 94.6 Å². The van der Waals surface area contributed by atoms with Gasteiger partial charge in [-0.05, 0) is 49.2 Å². The van der Waals surface area contributed by atoms with Gasteiger partial charge in [0.25, 0.3) is 20.0 Å². The van der Waals surface area contributed by atoms with Gasteiger partial charge in [-0.25, -0.2) is 45.3 Å². The molecule has 0 spiro atoms. The number of carbonyl (C=O) groups is 4. The minimum Gasteiger partial charge on any atom is -0.480 e. The van der Waals surface area contributed by atoms with Crippen LogP contribution < -0.4 is 45.3 Å². The Bertz CT molecular complexity index is 3770. The Balaban J connectivity index is 0.000000327. The second-order valence-corrected chi connectivity index (χ2v) is 21.7. The Kier molecular flexibility index (Phi) is 26.4. The summed E-state index contributed by atoms with van der Waals surface area (Å²) < 4.78 is 201. The number of aromatic carboxylic acids is 1. The van der Waals surface area contributed by atoms with Crippen LogP contribution in [0, 0.1) is 17.0 Å². The van der Waals surface area contributed by atoms with Gasteiger partial charge in [-0.2, -0.15) is 73.9 Å². The van der Waals surface area contributed by atoms with Gasteiger partial charge in [-0.1, -0.05) is 53.5 Å². The van der Waals surface area contributed by atoms with Gasteiger partial charge in [-0.15, -0.1) is 0 Å². The lowest BCUT2D eigenvalue weighted by Crippen LogP contribution is -2.35. The highest BCUT2D eigenvalue weighted by Gasteiger charge is 2.34. The Morgan fingerprint density at radius 3 is 1.73 bits per heavy atom. The number of aliphatic carboxylic acids is 1. The van der Waals surface area contributed by atoms with E-state index in [0.29, 0.717) is 18.2 Å². The van der Waals surface area contributed by atoms with Crippen LogP contribution in [-0.2, 0) is 42.0 Å². The molecule has 486 valence electrons. The van der Waals surface area contributed by atoms with Gasteiger partial charge in [0.1, 0.15) is 22.6 Å². The van der Waals surface area contributed by atoms with Crippen LogP contribution in [0.15, 0.2) is 82.7 Å². The van der Waals surface area contributed by atoms with E-state index in [2.05, 4.69) is 50.1 Å². The fraction of sp³-hybridized carbons (Fsp3) is 0.238. The van der Waals surface area contributed by atoms with E-state index >= 15 is 0 Å². The number of alkyl halides is 10. The molecule has 0 radical (unpaired) electrons. The number of carboxylic acids is 2. The summed E-state index contributed by atoms with van der Waals surface area (Å²) in [6.45, 7) is -5.76. The van der Waals surface area contributed by atoms with Crippen LogP contribution in [0.2, 0.25) is 10.0 Å². The van der Waals surface area contributed by atoms with E-state index in [0.717, 1.165) is 29.1 Å². The molecular formula is C42H39Cl2F10N14O18PS2. The van der Waals surface area contributed by atoms with Crippen LogP contribution in [0.25, 0.3) is 5.69 Å². The van der Waals surface area contributed by atoms with Crippen molar-refractivity contribution in [2.75, 3.05) is 36.3 Å². The third-order valence-corrected chi connectivity index (χ3v) is 13.4. The van der Waals surface area contributed by atoms with E-state index in [-0.39, 0.29) is 39.1 Å². The molecule has 0 aliphatic heterocycles. The van der Waals surface area contributed by atoms with Crippen molar-refractivity contribution in [3.63, 3.8) is 0 Å². The smallest absolute Gasteiger partial charge is 0.416 e. The predicted molar refractivity (Wildman–Crippen MR) is 282 cm³/mol. The number of aryl methyl sites for hydroxylation is 2. The van der Waals surface area contributed by atoms with E-state index in [1.54, 1.807) is 10.0 Å². The highest BCUT2D eigenvalue weighted by molar-refractivity contribution is 7.90. The number of nitrogen functional groups attached to an aromatic ring is 1. The number of benzene rings is 3. The number of sulfonamides is 2. The lowest BCUT2D eigenvalue weighted by molar-refractivity contribution is -0.383. The fourth-order valence-electron chi connectivity index (χ4n) is 6.01. The molecule has 0 saturated carbocycles. The number of anilines is 3. The summed E-state index contributed by atoms with van der Waals surface area (Å²) in [6.07, 6.45) is -10.6. The first-order valence-electron chi connectivity index (χ1n) is 22.7. The Hall–Kier alpha value is -9.07. The van der Waals surface area contributed by atoms with Crippen molar-refractivity contribution in [2.24, 2.45) is 0 Å². The van der Waals surface area contributed by atoms with Crippen molar-refractivity contribution < 1.29 is 124 Å². The number of nitro groups is 1. The maximum Gasteiger partial charge on any atom is 0.416 e. The average molecular weight is 1380 g/mol. The summed E-state index contributed by atoms with van der Waals surface area (Å²) in [5, 5.41) is 36.4. The van der Waals surface area contributed by atoms with Gasteiger partial charge in [0.05, 0.1) is 57.0 Å². The highest BCUT2D eigenvalue weighted by Crippen LogP contribution is 2.39. The number of aromatic nitrogens is 7. The predicted octanol–water partition coefficient (Wildman–Crippen LogP) is 6.57. The Morgan fingerprint density at radius 2 is 1.28 bits per heavy atom. The zero-order valence-corrected chi connectivity index (χ0v) is 47.9. The molecule has 0 unspecified atom stereocenters. The molecule has 3 aromatic heterocycles. The van der Waals surface area contributed by atoms with Crippen molar-refractivity contribution in [2.45, 2.75) is 55.1 Å². The van der Waals surface area contributed by atoms with Crippen molar-refractivity contribution in [1.82, 2.24) is 49.5 Å². The number of urea groups is 2. The standard InChI is InChI=1S/C15H16F3N5O4S.C14H10F4N4O7S.C10H5Cl2F3N4O2.C3H8NO5P/c1-9-19-12(22-14(20-9)27-2)21-13(24)23-28(25,26)11-6-4-3-5-10(11)7-8-15(16,17)18;15-11(16)28-8-5-9(29-12(17)18)20-13(19-8)21-14(25)22-30(26,27)7-4-2-1-3-6(7)10(23)24;11-5-1-4(10(13,14)15)2-6(12)8(5)18-9(16)7(3-17-18)19(20)21;5-3(6)1-4-2-10(7,8)9/h3-6H,7-8H2,1-2H3,(H2,19,20,21,22,23,24);1-5,11-12H,(H,23,24)(H2,19,20,21,22,25);1-3H,16H2;4H,1-2H2,(H,5,6)(H2,7,8,9). The van der Waals surface area contributed by atoms with E-state index in [4.69, 9.17) is 53.7 Å². The number of hydrogen-bond acceptors (Lipinski definition) is 22. The van der Waals surface area contributed by atoms with Crippen LogP contribution >= 0.6 is 30.8 Å². The molecule has 3 aromatic carbocycles. The first-order valence-corrected chi connectivity index (χ1v) is 28.3. The molecule has 0 atom stereocenters. The van der Waals surface area contributed by atoms with Gasteiger partial charge < -0.3 is 39.9 Å². The second-order valence-electron chi connectivity index (χ2n) is 16.0. The molecular weight excluding hydrogens is 1340 g/mol. The molecule has 6 aromatic rings. The molecule has 4 amide bonds. The quantitative estimate of drug-likeness (QED) is 0.0167. The number of nitrogens with zero attached hydrogens (tertiary/aromatic N) is 8. The third kappa shape index (κ3) is 24.9. The number of methoxy groups -OCH3 is 1. The SMILES string of the molecule is COc1nc(C)nc(NC(=O)NS(=O)(=O)c2ccccc2CCC(F)(F)F)n1.Nc1c([N+](=O)[O-])cnn1-c1c(Cl)cc(C(F)(F)F)cc1Cl.O=C(Nc1nc(OC(F)F)cc(OC(F)F)n1)NS(=O)(=O)c1ccccc1C(=O)O.O=C(O)CNCP(=O)(O)O. The number of carbonyl (C=O) groups excluding carboxylic acids is 2. The normalized spacial score (nSPS) is 11.5. The van der Waals surface area contributed by atoms with E-state index in [1.807, 2.05) is 0 Å². The largest absolute Gasteiger partial charge is 0.480 e. The van der Waals surface area contributed by atoms with E-state index < -0.39 is 158 Å². The maximum absolute atomic E-state index is 12.6. The number of rotatable bonds is 20. The Labute approximate surface area is 500 Å². The number of amides is 4. The minimum atomic E-state index is -4.71. The lowest BCUT2D eigenvalue weighted by Gasteiger charge is -2.13. The minimum absolute atomic E-state index is 0.0715. The van der Waals surface area contributed by atoms with Crippen LogP contribution in [0.3, 0.4) is 0 Å². The summed E-state index contributed by atoms with van der Waals surface area (Å²) in [5.41, 5.74) is 3.07. The summed E-state index contributed by atoms with van der Waals surface area (Å²) in [6, 6.07) is 8.31. The summed E-state index contributed by atoms with van der Waals surface area (Å²) in [7, 11) is -12.0.